The Kier molecular flexibility index (Phi) is 4.66. The Morgan fingerprint density at radius 2 is 1.88 bits per heavy atom. The van der Waals surface area contributed by atoms with E-state index in [1.54, 1.807) is 30.6 Å². The van der Waals surface area contributed by atoms with Crippen molar-refractivity contribution in [2.75, 3.05) is 19.5 Å². The monoisotopic (exact) mass is 342 g/mol. The van der Waals surface area contributed by atoms with E-state index in [0.29, 0.717) is 27.2 Å². The number of pyridine rings is 1. The van der Waals surface area contributed by atoms with Gasteiger partial charge in [0.05, 0.1) is 14.2 Å². The summed E-state index contributed by atoms with van der Waals surface area (Å²) in [6, 6.07) is 8.65. The van der Waals surface area contributed by atoms with Crippen LogP contribution in [0, 0.1) is 0 Å². The largest absolute Gasteiger partial charge is 0.497 e. The lowest BCUT2D eigenvalue weighted by atomic mass is 10.2. The quantitative estimate of drug-likeness (QED) is 0.767. The van der Waals surface area contributed by atoms with Gasteiger partial charge in [-0.1, -0.05) is 11.3 Å². The number of nitrogens with one attached hydrogen (secondary N) is 1. The van der Waals surface area contributed by atoms with Gasteiger partial charge < -0.3 is 9.47 Å². The van der Waals surface area contributed by atoms with Gasteiger partial charge in [0.2, 0.25) is 5.13 Å². The van der Waals surface area contributed by atoms with Crippen molar-refractivity contribution in [3.8, 4) is 22.1 Å². The van der Waals surface area contributed by atoms with Crippen molar-refractivity contribution in [1.29, 1.82) is 0 Å². The summed E-state index contributed by atoms with van der Waals surface area (Å²) >= 11 is 1.27. The lowest BCUT2D eigenvalue weighted by molar-refractivity contribution is 0.102. The van der Waals surface area contributed by atoms with Crippen LogP contribution < -0.4 is 14.8 Å². The third-order valence-electron chi connectivity index (χ3n) is 3.17. The van der Waals surface area contributed by atoms with E-state index in [4.69, 9.17) is 9.47 Å². The molecule has 0 aliphatic carbocycles. The number of rotatable bonds is 5. The highest BCUT2D eigenvalue weighted by molar-refractivity contribution is 7.18. The third kappa shape index (κ3) is 3.49. The Morgan fingerprint density at radius 3 is 2.50 bits per heavy atom. The van der Waals surface area contributed by atoms with Crippen molar-refractivity contribution in [2.24, 2.45) is 0 Å². The minimum Gasteiger partial charge on any atom is -0.497 e. The van der Waals surface area contributed by atoms with E-state index in [9.17, 15) is 4.79 Å². The van der Waals surface area contributed by atoms with Gasteiger partial charge >= 0.3 is 0 Å². The number of aromatic nitrogens is 3. The Balaban J connectivity index is 1.79. The van der Waals surface area contributed by atoms with Crippen molar-refractivity contribution in [3.05, 3.63) is 48.3 Å². The predicted molar refractivity (Wildman–Crippen MR) is 90.6 cm³/mol. The van der Waals surface area contributed by atoms with Gasteiger partial charge in [-0.15, -0.1) is 10.2 Å². The van der Waals surface area contributed by atoms with E-state index in [-0.39, 0.29) is 5.91 Å². The van der Waals surface area contributed by atoms with Gasteiger partial charge in [-0.2, -0.15) is 0 Å². The summed E-state index contributed by atoms with van der Waals surface area (Å²) in [4.78, 5) is 16.4. The average molecular weight is 342 g/mol. The topological polar surface area (TPSA) is 86.2 Å². The Hall–Kier alpha value is -3.00. The number of hydrogen-bond acceptors (Lipinski definition) is 7. The normalized spacial score (nSPS) is 10.2. The maximum atomic E-state index is 12.4. The van der Waals surface area contributed by atoms with Crippen LogP contribution in [0.2, 0.25) is 0 Å². The van der Waals surface area contributed by atoms with Gasteiger partial charge in [-0.25, -0.2) is 0 Å². The summed E-state index contributed by atoms with van der Waals surface area (Å²) in [7, 11) is 3.06. The van der Waals surface area contributed by atoms with Crippen LogP contribution >= 0.6 is 11.3 Å². The highest BCUT2D eigenvalue weighted by Crippen LogP contribution is 2.27. The molecule has 3 rings (SSSR count). The van der Waals surface area contributed by atoms with Gasteiger partial charge in [0.1, 0.15) is 11.5 Å². The lowest BCUT2D eigenvalue weighted by Gasteiger charge is -2.07. The molecule has 8 heteroatoms. The summed E-state index contributed by atoms with van der Waals surface area (Å²) in [6.45, 7) is 0. The summed E-state index contributed by atoms with van der Waals surface area (Å²) in [5, 5.41) is 11.9. The molecule has 0 aliphatic rings. The van der Waals surface area contributed by atoms with Crippen LogP contribution in [-0.4, -0.2) is 35.3 Å². The molecule has 1 N–H and O–H groups in total. The number of carbonyl (C=O) groups is 1. The zero-order valence-corrected chi connectivity index (χ0v) is 13.8. The van der Waals surface area contributed by atoms with Crippen molar-refractivity contribution < 1.29 is 14.3 Å². The first-order valence-corrected chi connectivity index (χ1v) is 7.79. The van der Waals surface area contributed by atoms with Gasteiger partial charge in [0, 0.05) is 29.6 Å². The third-order valence-corrected chi connectivity index (χ3v) is 4.06. The minimum atomic E-state index is -0.318. The minimum absolute atomic E-state index is 0.318. The molecule has 0 radical (unpaired) electrons. The smallest absolute Gasteiger partial charge is 0.257 e. The molecule has 24 heavy (non-hydrogen) atoms. The molecule has 0 aliphatic heterocycles. The van der Waals surface area contributed by atoms with Gasteiger partial charge in [-0.05, 0) is 24.3 Å². The van der Waals surface area contributed by atoms with E-state index in [0.717, 1.165) is 5.56 Å². The van der Waals surface area contributed by atoms with Crippen molar-refractivity contribution in [2.45, 2.75) is 0 Å². The summed E-state index contributed by atoms with van der Waals surface area (Å²) < 4.78 is 10.3. The van der Waals surface area contributed by atoms with E-state index in [1.807, 2.05) is 12.1 Å². The molecule has 0 fully saturated rings. The van der Waals surface area contributed by atoms with Gasteiger partial charge in [0.25, 0.3) is 5.91 Å². The molecule has 0 spiro atoms. The van der Waals surface area contributed by atoms with E-state index in [2.05, 4.69) is 20.5 Å². The first kappa shape index (κ1) is 15.9. The first-order chi connectivity index (χ1) is 11.7. The van der Waals surface area contributed by atoms with Crippen LogP contribution in [0.5, 0.6) is 11.5 Å². The molecular formula is C16H14N4O3S. The fraction of sp³-hybridized carbons (Fsp3) is 0.125. The van der Waals surface area contributed by atoms with Gasteiger partial charge in [-0.3, -0.25) is 15.1 Å². The van der Waals surface area contributed by atoms with Crippen molar-refractivity contribution in [3.63, 3.8) is 0 Å². The Labute approximate surface area is 142 Å². The molecule has 122 valence electrons. The molecule has 1 amide bonds. The molecule has 0 saturated heterocycles. The average Bonchev–Trinajstić information content (AvgIpc) is 3.10. The number of hydrogen-bond donors (Lipinski definition) is 1. The number of amides is 1. The highest BCUT2D eigenvalue weighted by atomic mass is 32.1. The molecule has 0 saturated carbocycles. The molecule has 2 heterocycles. The second-order valence-electron chi connectivity index (χ2n) is 4.71. The summed E-state index contributed by atoms with van der Waals surface area (Å²) in [6.07, 6.45) is 3.38. The maximum Gasteiger partial charge on any atom is 0.257 e. The number of carbonyl (C=O) groups excluding carboxylic acids is 1. The van der Waals surface area contributed by atoms with Crippen molar-refractivity contribution >= 4 is 22.4 Å². The highest BCUT2D eigenvalue weighted by Gasteiger charge is 2.13. The lowest BCUT2D eigenvalue weighted by Crippen LogP contribution is -2.12. The number of benzene rings is 1. The molecular weight excluding hydrogens is 328 g/mol. The number of anilines is 1. The zero-order chi connectivity index (χ0) is 16.9. The van der Waals surface area contributed by atoms with E-state index >= 15 is 0 Å². The molecule has 0 unspecified atom stereocenters. The number of ether oxygens (including phenoxy) is 2. The molecule has 7 nitrogen and oxygen atoms in total. The maximum absolute atomic E-state index is 12.4. The molecule has 0 atom stereocenters. The standard InChI is InChI=1S/C16H14N4O3S/c1-22-12-6-11(7-13(8-12)23-2)14(21)18-16-20-19-15(24-16)10-4-3-5-17-9-10/h3-9H,1-2H3,(H,18,20,21). The molecule has 0 bridgehead atoms. The van der Waals surface area contributed by atoms with Crippen LogP contribution in [-0.2, 0) is 0 Å². The van der Waals surface area contributed by atoms with Crippen LogP contribution in [0.4, 0.5) is 5.13 Å². The van der Waals surface area contributed by atoms with Crippen LogP contribution in [0.3, 0.4) is 0 Å². The summed E-state index contributed by atoms with van der Waals surface area (Å²) in [5.41, 5.74) is 1.25. The summed E-state index contributed by atoms with van der Waals surface area (Å²) in [5.74, 6) is 0.752. The SMILES string of the molecule is COc1cc(OC)cc(C(=O)Nc2nnc(-c3cccnc3)s2)c1. The molecule has 2 aromatic heterocycles. The number of nitrogens with zero attached hydrogens (tertiary/aromatic N) is 3. The predicted octanol–water partition coefficient (Wildman–Crippen LogP) is 2.87. The Morgan fingerprint density at radius 1 is 1.12 bits per heavy atom. The van der Waals surface area contributed by atoms with Crippen LogP contribution in [0.1, 0.15) is 10.4 Å². The van der Waals surface area contributed by atoms with E-state index < -0.39 is 0 Å². The van der Waals surface area contributed by atoms with Crippen LogP contribution in [0.15, 0.2) is 42.7 Å². The van der Waals surface area contributed by atoms with Crippen molar-refractivity contribution in [1.82, 2.24) is 15.2 Å². The zero-order valence-electron chi connectivity index (χ0n) is 13.0. The molecule has 1 aromatic carbocycles. The second-order valence-corrected chi connectivity index (χ2v) is 5.69. The van der Waals surface area contributed by atoms with E-state index in [1.165, 1.54) is 25.6 Å². The van der Waals surface area contributed by atoms with Crippen LogP contribution in [0.25, 0.3) is 10.6 Å². The molecule has 3 aromatic rings. The Bertz CT molecular complexity index is 829. The van der Waals surface area contributed by atoms with Gasteiger partial charge in [0.15, 0.2) is 5.01 Å². The number of methoxy groups -OCH3 is 2. The fourth-order valence-electron chi connectivity index (χ4n) is 1.99. The fourth-order valence-corrected chi connectivity index (χ4v) is 2.72. The first-order valence-electron chi connectivity index (χ1n) is 6.98. The second kappa shape index (κ2) is 7.05.